The Morgan fingerprint density at radius 2 is 1.93 bits per heavy atom. The number of nitrogens with zero attached hydrogens (tertiary/aromatic N) is 1. The third kappa shape index (κ3) is 1.74. The van der Waals surface area contributed by atoms with Crippen molar-refractivity contribution in [1.29, 1.82) is 0 Å². The molecule has 2 N–H and O–H groups in total. The molecule has 6 heteroatoms. The predicted molar refractivity (Wildman–Crippen MR) is 51.2 cm³/mol. The molecule has 0 saturated heterocycles. The van der Waals surface area contributed by atoms with E-state index in [1.807, 2.05) is 0 Å². The van der Waals surface area contributed by atoms with Crippen molar-refractivity contribution in [3.8, 4) is 11.5 Å². The quantitative estimate of drug-likeness (QED) is 0.438. The lowest BCUT2D eigenvalue weighted by atomic mass is 10.0. The molecule has 0 aliphatic rings. The molecule has 0 aliphatic heterocycles. The van der Waals surface area contributed by atoms with E-state index in [0.717, 1.165) is 6.07 Å². The SMILES string of the molecule is CC(=O)c1cc([N+](=O)[O-])c(O)c(C)c1O. The number of phenolic OH excluding ortho intramolecular Hbond substituents is 2. The maximum absolute atomic E-state index is 11.0. The van der Waals surface area contributed by atoms with E-state index in [0.29, 0.717) is 0 Å². The number of benzene rings is 1. The Bertz CT molecular complexity index is 414. The Hall–Kier alpha value is -2.11. The average molecular weight is 211 g/mol. The van der Waals surface area contributed by atoms with E-state index >= 15 is 0 Å². The van der Waals surface area contributed by atoms with Gasteiger partial charge in [-0.2, -0.15) is 0 Å². The highest BCUT2D eigenvalue weighted by Gasteiger charge is 2.23. The maximum Gasteiger partial charge on any atom is 0.311 e. The zero-order valence-electron chi connectivity index (χ0n) is 8.14. The van der Waals surface area contributed by atoms with Crippen LogP contribution in [0.2, 0.25) is 0 Å². The van der Waals surface area contributed by atoms with E-state index in [4.69, 9.17) is 0 Å². The molecule has 0 aliphatic carbocycles. The van der Waals surface area contributed by atoms with Crippen LogP contribution < -0.4 is 0 Å². The van der Waals surface area contributed by atoms with Crippen LogP contribution in [0.3, 0.4) is 0 Å². The molecule has 6 nitrogen and oxygen atoms in total. The normalized spacial score (nSPS) is 10.0. The lowest BCUT2D eigenvalue weighted by molar-refractivity contribution is -0.386. The average Bonchev–Trinajstić information content (AvgIpc) is 2.13. The number of ketones is 1. The fourth-order valence-corrected chi connectivity index (χ4v) is 1.19. The van der Waals surface area contributed by atoms with E-state index in [2.05, 4.69) is 0 Å². The van der Waals surface area contributed by atoms with Crippen molar-refractivity contribution in [2.24, 2.45) is 0 Å². The smallest absolute Gasteiger partial charge is 0.311 e. The second kappa shape index (κ2) is 3.56. The first-order chi connectivity index (χ1) is 6.86. The van der Waals surface area contributed by atoms with Gasteiger partial charge in [-0.25, -0.2) is 0 Å². The van der Waals surface area contributed by atoms with Crippen molar-refractivity contribution in [1.82, 2.24) is 0 Å². The van der Waals surface area contributed by atoms with Crippen LogP contribution in [0.4, 0.5) is 5.69 Å². The van der Waals surface area contributed by atoms with Crippen molar-refractivity contribution in [2.45, 2.75) is 13.8 Å². The van der Waals surface area contributed by atoms with Gasteiger partial charge in [0, 0.05) is 11.6 Å². The molecule has 0 unspecified atom stereocenters. The van der Waals surface area contributed by atoms with E-state index in [1.54, 1.807) is 0 Å². The minimum atomic E-state index is -0.811. The van der Waals surface area contributed by atoms with Crippen molar-refractivity contribution < 1.29 is 19.9 Å². The Kier molecular flexibility index (Phi) is 2.61. The molecule has 1 aromatic carbocycles. The molecule has 0 saturated carbocycles. The highest BCUT2D eigenvalue weighted by molar-refractivity contribution is 5.98. The third-order valence-electron chi connectivity index (χ3n) is 2.07. The van der Waals surface area contributed by atoms with Crippen LogP contribution in [0.1, 0.15) is 22.8 Å². The number of rotatable bonds is 2. The molecule has 0 atom stereocenters. The molecular weight excluding hydrogens is 202 g/mol. The monoisotopic (exact) mass is 211 g/mol. The predicted octanol–water partition coefficient (Wildman–Crippen LogP) is 1.52. The second-order valence-electron chi connectivity index (χ2n) is 3.08. The molecule has 0 aromatic heterocycles. The zero-order valence-corrected chi connectivity index (χ0v) is 8.14. The fraction of sp³-hybridized carbons (Fsp3) is 0.222. The molecular formula is C9H9NO5. The lowest BCUT2D eigenvalue weighted by Crippen LogP contribution is -1.98. The first kappa shape index (κ1) is 11.0. The van der Waals surface area contributed by atoms with Gasteiger partial charge >= 0.3 is 5.69 Å². The number of nitro benzene ring substituents is 1. The van der Waals surface area contributed by atoms with Crippen LogP contribution in [-0.2, 0) is 0 Å². The van der Waals surface area contributed by atoms with Crippen LogP contribution in [0.25, 0.3) is 0 Å². The molecule has 15 heavy (non-hydrogen) atoms. The minimum Gasteiger partial charge on any atom is -0.507 e. The van der Waals surface area contributed by atoms with E-state index in [1.165, 1.54) is 13.8 Å². The van der Waals surface area contributed by atoms with E-state index in [9.17, 15) is 25.1 Å². The van der Waals surface area contributed by atoms with Gasteiger partial charge in [0.15, 0.2) is 5.78 Å². The third-order valence-corrected chi connectivity index (χ3v) is 2.07. The van der Waals surface area contributed by atoms with E-state index < -0.39 is 27.9 Å². The minimum absolute atomic E-state index is 0.0746. The van der Waals surface area contributed by atoms with Crippen molar-refractivity contribution in [2.75, 3.05) is 0 Å². The second-order valence-corrected chi connectivity index (χ2v) is 3.08. The summed E-state index contributed by atoms with van der Waals surface area (Å²) in [5.41, 5.74) is -0.832. The number of Topliss-reactive ketones (excluding diaryl/α,β-unsaturated/α-hetero) is 1. The van der Waals surface area contributed by atoms with Gasteiger partial charge in [0.2, 0.25) is 5.75 Å². The summed E-state index contributed by atoms with van der Waals surface area (Å²) in [5.74, 6) is -1.55. The van der Waals surface area contributed by atoms with Gasteiger partial charge in [-0.3, -0.25) is 14.9 Å². The number of phenols is 2. The molecule has 0 heterocycles. The van der Waals surface area contributed by atoms with Gasteiger partial charge in [-0.1, -0.05) is 0 Å². The Morgan fingerprint density at radius 3 is 2.33 bits per heavy atom. The van der Waals surface area contributed by atoms with E-state index in [-0.39, 0.29) is 11.1 Å². The van der Waals surface area contributed by atoms with Gasteiger partial charge in [0.1, 0.15) is 5.75 Å². The van der Waals surface area contributed by atoms with Crippen molar-refractivity contribution in [3.05, 3.63) is 27.3 Å². The molecule has 0 spiro atoms. The molecule has 1 rings (SSSR count). The summed E-state index contributed by atoms with van der Waals surface area (Å²) in [5, 5.41) is 29.3. The van der Waals surface area contributed by atoms with Gasteiger partial charge in [0.05, 0.1) is 10.5 Å². The molecule has 0 amide bonds. The standard InChI is InChI=1S/C9H9NO5/c1-4-8(12)6(5(2)11)3-7(9(4)13)10(14)15/h3,12-13H,1-2H3. The summed E-state index contributed by atoms with van der Waals surface area (Å²) in [4.78, 5) is 20.7. The fourth-order valence-electron chi connectivity index (χ4n) is 1.19. The number of carbonyl (C=O) groups is 1. The Balaban J connectivity index is 3.59. The number of hydrogen-bond donors (Lipinski definition) is 2. The van der Waals surface area contributed by atoms with Crippen LogP contribution in [0.5, 0.6) is 11.5 Å². The molecule has 1 aromatic rings. The van der Waals surface area contributed by atoms with Gasteiger partial charge in [-0.05, 0) is 13.8 Å². The number of carbonyl (C=O) groups excluding carboxylic acids is 1. The van der Waals surface area contributed by atoms with Crippen LogP contribution in [-0.4, -0.2) is 20.9 Å². The molecule has 0 bridgehead atoms. The Labute approximate surface area is 84.9 Å². The summed E-state index contributed by atoms with van der Waals surface area (Å²) in [6, 6.07) is 0.861. The number of nitro groups is 1. The van der Waals surface area contributed by atoms with Crippen LogP contribution in [0.15, 0.2) is 6.07 Å². The highest BCUT2D eigenvalue weighted by Crippen LogP contribution is 2.37. The van der Waals surface area contributed by atoms with Gasteiger partial charge < -0.3 is 10.2 Å². The van der Waals surface area contributed by atoms with Gasteiger partial charge in [0.25, 0.3) is 0 Å². The summed E-state index contributed by atoms with van der Waals surface area (Å²) in [7, 11) is 0. The highest BCUT2D eigenvalue weighted by atomic mass is 16.6. The van der Waals surface area contributed by atoms with Crippen molar-refractivity contribution in [3.63, 3.8) is 0 Å². The summed E-state index contributed by atoms with van der Waals surface area (Å²) < 4.78 is 0. The summed E-state index contributed by atoms with van der Waals surface area (Å²) in [6.45, 7) is 2.47. The zero-order chi connectivity index (χ0) is 11.7. The van der Waals surface area contributed by atoms with Crippen molar-refractivity contribution >= 4 is 11.5 Å². The summed E-state index contributed by atoms with van der Waals surface area (Å²) >= 11 is 0. The topological polar surface area (TPSA) is 101 Å². The lowest BCUT2D eigenvalue weighted by Gasteiger charge is -2.06. The maximum atomic E-state index is 11.0. The first-order valence-corrected chi connectivity index (χ1v) is 4.07. The molecule has 0 fully saturated rings. The number of hydrogen-bond acceptors (Lipinski definition) is 5. The van der Waals surface area contributed by atoms with Gasteiger partial charge in [-0.15, -0.1) is 0 Å². The molecule has 0 radical (unpaired) electrons. The van der Waals surface area contributed by atoms with Crippen LogP contribution >= 0.6 is 0 Å². The Morgan fingerprint density at radius 1 is 1.40 bits per heavy atom. The van der Waals surface area contributed by atoms with Crippen LogP contribution in [0, 0.1) is 17.0 Å². The summed E-state index contributed by atoms with van der Waals surface area (Å²) in [6.07, 6.45) is 0. The first-order valence-electron chi connectivity index (χ1n) is 4.07. The molecule has 80 valence electrons. The number of aromatic hydroxyl groups is 2. The largest absolute Gasteiger partial charge is 0.507 e.